The first-order valence-corrected chi connectivity index (χ1v) is 7.65. The second kappa shape index (κ2) is 6.47. The largest absolute Gasteiger partial charge is 0.466 e. The average molecular weight is 331 g/mol. The molecule has 0 aliphatic rings. The molecule has 0 aliphatic heterocycles. The molecular weight excluding hydrogens is 310 g/mol. The van der Waals surface area contributed by atoms with Crippen LogP contribution in [-0.4, -0.2) is 28.6 Å². The number of furan rings is 1. The Kier molecular flexibility index (Phi) is 4.78. The Bertz CT molecular complexity index is 825. The number of nitrogens with one attached hydrogen (secondary N) is 1. The molecular formula is C18H21NO5. The number of ketones is 2. The molecule has 2 heterocycles. The maximum Gasteiger partial charge on any atom is 0.342 e. The molecule has 0 bridgehead atoms. The summed E-state index contributed by atoms with van der Waals surface area (Å²) in [6.45, 7) is 9.78. The molecule has 1 N–H and O–H groups in total. The van der Waals surface area contributed by atoms with Crippen molar-refractivity contribution in [1.29, 1.82) is 0 Å². The first-order valence-electron chi connectivity index (χ1n) is 7.65. The molecule has 0 aromatic carbocycles. The Balaban J connectivity index is 2.21. The molecule has 0 saturated heterocycles. The summed E-state index contributed by atoms with van der Waals surface area (Å²) in [5.41, 5.74) is 2.29. The number of H-pyrrole nitrogens is 1. The summed E-state index contributed by atoms with van der Waals surface area (Å²) >= 11 is 0. The number of Topliss-reactive ketones (excluding diaryl/α,β-unsaturated/α-hetero) is 2. The van der Waals surface area contributed by atoms with Gasteiger partial charge >= 0.3 is 5.97 Å². The predicted molar refractivity (Wildman–Crippen MR) is 87.7 cm³/mol. The second-order valence-electron chi connectivity index (χ2n) is 5.92. The molecule has 1 atom stereocenters. The summed E-state index contributed by atoms with van der Waals surface area (Å²) in [7, 11) is 0. The minimum atomic E-state index is -0.983. The molecule has 0 saturated carbocycles. The van der Waals surface area contributed by atoms with Crippen LogP contribution in [0.3, 0.4) is 0 Å². The molecule has 128 valence electrons. The van der Waals surface area contributed by atoms with Crippen molar-refractivity contribution >= 4 is 17.5 Å². The molecule has 2 aromatic rings. The molecule has 2 aromatic heterocycles. The van der Waals surface area contributed by atoms with Crippen molar-refractivity contribution in [2.24, 2.45) is 0 Å². The molecule has 0 spiro atoms. The van der Waals surface area contributed by atoms with Crippen molar-refractivity contribution < 1.29 is 23.5 Å². The van der Waals surface area contributed by atoms with E-state index in [9.17, 15) is 14.4 Å². The lowest BCUT2D eigenvalue weighted by molar-refractivity contribution is 0.0315. The van der Waals surface area contributed by atoms with E-state index in [2.05, 4.69) is 4.98 Å². The summed E-state index contributed by atoms with van der Waals surface area (Å²) < 4.78 is 10.6. The number of aryl methyl sites for hydroxylation is 3. The third kappa shape index (κ3) is 3.18. The molecule has 24 heavy (non-hydrogen) atoms. The van der Waals surface area contributed by atoms with Crippen LogP contribution in [0.15, 0.2) is 10.5 Å². The van der Waals surface area contributed by atoms with Crippen molar-refractivity contribution in [1.82, 2.24) is 4.98 Å². The quantitative estimate of drug-likeness (QED) is 0.669. The smallest absolute Gasteiger partial charge is 0.342 e. The van der Waals surface area contributed by atoms with Crippen molar-refractivity contribution in [3.8, 4) is 0 Å². The minimum absolute atomic E-state index is 0.116. The number of ether oxygens (including phenoxy) is 1. The predicted octanol–water partition coefficient (Wildman–Crippen LogP) is 3.47. The molecule has 2 rings (SSSR count). The van der Waals surface area contributed by atoms with Crippen molar-refractivity contribution in [3.63, 3.8) is 0 Å². The Morgan fingerprint density at radius 3 is 2.25 bits per heavy atom. The number of carbonyl (C=O) groups excluding carboxylic acids is 3. The summed E-state index contributed by atoms with van der Waals surface area (Å²) in [6, 6.07) is 1.58. The lowest BCUT2D eigenvalue weighted by Gasteiger charge is -2.11. The van der Waals surface area contributed by atoms with Gasteiger partial charge in [0.25, 0.3) is 0 Å². The van der Waals surface area contributed by atoms with Crippen LogP contribution in [0.2, 0.25) is 0 Å². The summed E-state index contributed by atoms with van der Waals surface area (Å²) in [6.07, 6.45) is -0.983. The van der Waals surface area contributed by atoms with Gasteiger partial charge in [-0.3, -0.25) is 9.59 Å². The number of carbonyl (C=O) groups is 3. The maximum absolute atomic E-state index is 12.6. The van der Waals surface area contributed by atoms with Gasteiger partial charge in [-0.15, -0.1) is 0 Å². The fourth-order valence-electron chi connectivity index (χ4n) is 2.84. The Morgan fingerprint density at radius 2 is 1.79 bits per heavy atom. The van der Waals surface area contributed by atoms with E-state index in [1.165, 1.54) is 13.8 Å². The SMILES string of the molecule is CC(=O)c1c(C)[nH]c(C(=O)C(C)OC(=O)c2cc(C)oc2C)c1C. The van der Waals surface area contributed by atoms with Gasteiger partial charge in [0.1, 0.15) is 17.1 Å². The second-order valence-corrected chi connectivity index (χ2v) is 5.92. The van der Waals surface area contributed by atoms with E-state index in [1.807, 2.05) is 0 Å². The zero-order valence-corrected chi connectivity index (χ0v) is 14.7. The lowest BCUT2D eigenvalue weighted by atomic mass is 10.0. The van der Waals surface area contributed by atoms with Gasteiger partial charge in [0.05, 0.1) is 5.69 Å². The number of hydrogen-bond donors (Lipinski definition) is 1. The molecule has 0 aliphatic carbocycles. The highest BCUT2D eigenvalue weighted by Gasteiger charge is 2.27. The van der Waals surface area contributed by atoms with Crippen molar-refractivity contribution in [2.45, 2.75) is 47.6 Å². The zero-order valence-electron chi connectivity index (χ0n) is 14.7. The Hall–Kier alpha value is -2.63. The monoisotopic (exact) mass is 331 g/mol. The standard InChI is InChI=1S/C18H21NO5/c1-8-7-14(12(5)23-8)18(22)24-13(6)17(21)16-9(2)15(11(4)20)10(3)19-16/h7,13,19H,1-6H3. The number of esters is 1. The first kappa shape index (κ1) is 17.7. The third-order valence-corrected chi connectivity index (χ3v) is 3.95. The Morgan fingerprint density at radius 1 is 1.17 bits per heavy atom. The van der Waals surface area contributed by atoms with Crippen LogP contribution in [0.1, 0.15) is 67.8 Å². The average Bonchev–Trinajstić information content (AvgIpc) is 2.96. The summed E-state index contributed by atoms with van der Waals surface area (Å²) in [5, 5.41) is 0. The van der Waals surface area contributed by atoms with E-state index in [0.717, 1.165) is 0 Å². The third-order valence-electron chi connectivity index (χ3n) is 3.95. The van der Waals surface area contributed by atoms with Crippen LogP contribution in [0.5, 0.6) is 0 Å². The van der Waals surface area contributed by atoms with Gasteiger partial charge in [0, 0.05) is 11.3 Å². The summed E-state index contributed by atoms with van der Waals surface area (Å²) in [4.78, 5) is 39.4. The molecule has 1 unspecified atom stereocenters. The highest BCUT2D eigenvalue weighted by molar-refractivity contribution is 6.05. The van der Waals surface area contributed by atoms with Crippen molar-refractivity contribution in [3.05, 3.63) is 45.7 Å². The van der Waals surface area contributed by atoms with E-state index in [0.29, 0.717) is 33.9 Å². The normalized spacial score (nSPS) is 12.1. The van der Waals surface area contributed by atoms with Crippen molar-refractivity contribution in [2.75, 3.05) is 0 Å². The van der Waals surface area contributed by atoms with Crippen LogP contribution in [0.25, 0.3) is 0 Å². The van der Waals surface area contributed by atoms with Crippen LogP contribution < -0.4 is 0 Å². The van der Waals surface area contributed by atoms with Crippen LogP contribution in [0, 0.1) is 27.7 Å². The van der Waals surface area contributed by atoms with Gasteiger partial charge in [0.15, 0.2) is 11.9 Å². The van der Waals surface area contributed by atoms with E-state index < -0.39 is 12.1 Å². The van der Waals surface area contributed by atoms with E-state index in [-0.39, 0.29) is 17.3 Å². The van der Waals surface area contributed by atoms with Gasteiger partial charge in [-0.2, -0.15) is 0 Å². The first-order chi connectivity index (χ1) is 11.1. The van der Waals surface area contributed by atoms with Gasteiger partial charge in [-0.1, -0.05) is 0 Å². The van der Waals surface area contributed by atoms with Gasteiger partial charge in [0.2, 0.25) is 5.78 Å². The molecule has 0 fully saturated rings. The van der Waals surface area contributed by atoms with E-state index in [4.69, 9.17) is 9.15 Å². The summed E-state index contributed by atoms with van der Waals surface area (Å²) in [5.74, 6) is -0.0648. The molecule has 6 nitrogen and oxygen atoms in total. The minimum Gasteiger partial charge on any atom is -0.466 e. The molecule has 0 amide bonds. The lowest BCUT2D eigenvalue weighted by Crippen LogP contribution is -2.25. The topological polar surface area (TPSA) is 89.4 Å². The number of aromatic amines is 1. The van der Waals surface area contributed by atoms with Gasteiger partial charge < -0.3 is 14.1 Å². The number of aromatic nitrogens is 1. The van der Waals surface area contributed by atoms with E-state index >= 15 is 0 Å². The Labute approximate surface area is 140 Å². The van der Waals surface area contributed by atoms with E-state index in [1.54, 1.807) is 33.8 Å². The van der Waals surface area contributed by atoms with Gasteiger partial charge in [-0.25, -0.2) is 4.79 Å². The van der Waals surface area contributed by atoms with Crippen LogP contribution in [-0.2, 0) is 4.74 Å². The highest BCUT2D eigenvalue weighted by Crippen LogP contribution is 2.21. The van der Waals surface area contributed by atoms with Crippen LogP contribution in [0.4, 0.5) is 0 Å². The zero-order chi connectivity index (χ0) is 18.2. The highest BCUT2D eigenvalue weighted by atomic mass is 16.5. The molecule has 0 radical (unpaired) electrons. The fraction of sp³-hybridized carbons (Fsp3) is 0.389. The van der Waals surface area contributed by atoms with Gasteiger partial charge in [-0.05, 0) is 53.2 Å². The number of hydrogen-bond acceptors (Lipinski definition) is 5. The fourth-order valence-corrected chi connectivity index (χ4v) is 2.84. The maximum atomic E-state index is 12.6. The number of rotatable bonds is 5. The van der Waals surface area contributed by atoms with Crippen LogP contribution >= 0.6 is 0 Å². The molecule has 6 heteroatoms.